The summed E-state index contributed by atoms with van der Waals surface area (Å²) in [5.74, 6) is 1.95. The van der Waals surface area contributed by atoms with Gasteiger partial charge in [-0.15, -0.1) is 21.8 Å². The summed E-state index contributed by atoms with van der Waals surface area (Å²) in [4.78, 5) is 4.20. The molecule has 2 aromatic heterocycles. The molecule has 0 fully saturated rings. The van der Waals surface area contributed by atoms with E-state index in [1.165, 1.54) is 0 Å². The molecule has 6 heteroatoms. The summed E-state index contributed by atoms with van der Waals surface area (Å²) in [5, 5.41) is 7.77. The monoisotopic (exact) mass is 287 g/mol. The molecule has 3 aromatic rings. The van der Waals surface area contributed by atoms with Crippen molar-refractivity contribution in [3.05, 3.63) is 54.6 Å². The van der Waals surface area contributed by atoms with E-state index in [0.717, 1.165) is 0 Å². The molecule has 0 atom stereocenters. The van der Waals surface area contributed by atoms with E-state index in [2.05, 4.69) is 15.2 Å². The maximum Gasteiger partial charge on any atom is 0.253 e. The van der Waals surface area contributed by atoms with Crippen LogP contribution in [0.3, 0.4) is 0 Å². The summed E-state index contributed by atoms with van der Waals surface area (Å²) < 4.78 is 11.2. The van der Waals surface area contributed by atoms with Crippen molar-refractivity contribution in [1.29, 1.82) is 0 Å². The quantitative estimate of drug-likeness (QED) is 0.685. The molecule has 0 amide bonds. The predicted octanol–water partition coefficient (Wildman–Crippen LogP) is 3.66. The van der Waals surface area contributed by atoms with Crippen molar-refractivity contribution in [1.82, 2.24) is 15.2 Å². The van der Waals surface area contributed by atoms with Crippen molar-refractivity contribution in [3.63, 3.8) is 0 Å². The summed E-state index contributed by atoms with van der Waals surface area (Å²) >= 11 is 5.65. The first-order chi connectivity index (χ1) is 9.86. The van der Waals surface area contributed by atoms with Crippen molar-refractivity contribution in [2.24, 2.45) is 0 Å². The molecule has 2 heterocycles. The maximum absolute atomic E-state index is 5.73. The Morgan fingerprint density at radius 1 is 1.05 bits per heavy atom. The molecule has 5 nitrogen and oxygen atoms in total. The van der Waals surface area contributed by atoms with Crippen LogP contribution in [0.1, 0.15) is 5.89 Å². The number of alkyl halides is 1. The van der Waals surface area contributed by atoms with Crippen LogP contribution in [0.5, 0.6) is 11.6 Å². The Morgan fingerprint density at radius 3 is 2.65 bits per heavy atom. The van der Waals surface area contributed by atoms with Gasteiger partial charge in [-0.05, 0) is 24.3 Å². The van der Waals surface area contributed by atoms with Crippen LogP contribution >= 0.6 is 11.6 Å². The van der Waals surface area contributed by atoms with E-state index in [1.54, 1.807) is 18.3 Å². The zero-order valence-electron chi connectivity index (χ0n) is 10.4. The number of hydrogen-bond acceptors (Lipinski definition) is 5. The first-order valence-corrected chi connectivity index (χ1v) is 6.47. The molecule has 0 saturated carbocycles. The SMILES string of the molecule is ClCc1nnc(-c2cccnc2Oc2ccccc2)o1. The number of benzene rings is 1. The molecule has 0 aliphatic carbocycles. The van der Waals surface area contributed by atoms with Gasteiger partial charge in [0.1, 0.15) is 17.2 Å². The largest absolute Gasteiger partial charge is 0.438 e. The van der Waals surface area contributed by atoms with Gasteiger partial charge in [0.15, 0.2) is 0 Å². The van der Waals surface area contributed by atoms with E-state index >= 15 is 0 Å². The molecule has 0 radical (unpaired) electrons. The van der Waals surface area contributed by atoms with Gasteiger partial charge in [0.05, 0.1) is 0 Å². The number of ether oxygens (including phenoxy) is 1. The third-order valence-electron chi connectivity index (χ3n) is 2.54. The lowest BCUT2D eigenvalue weighted by molar-refractivity contribution is 0.459. The van der Waals surface area contributed by atoms with Crippen LogP contribution < -0.4 is 4.74 Å². The average Bonchev–Trinajstić information content (AvgIpc) is 2.98. The fourth-order valence-corrected chi connectivity index (χ4v) is 1.76. The first kappa shape index (κ1) is 12.6. The van der Waals surface area contributed by atoms with Crippen LogP contribution in [0.15, 0.2) is 53.1 Å². The van der Waals surface area contributed by atoms with Crippen LogP contribution in [-0.4, -0.2) is 15.2 Å². The van der Waals surface area contributed by atoms with Gasteiger partial charge < -0.3 is 9.15 Å². The number of halogens is 1. The Balaban J connectivity index is 1.96. The molecule has 0 saturated heterocycles. The lowest BCUT2D eigenvalue weighted by Crippen LogP contribution is -1.91. The molecule has 0 unspecified atom stereocenters. The van der Waals surface area contributed by atoms with Gasteiger partial charge in [0.25, 0.3) is 5.89 Å². The Labute approximate surface area is 120 Å². The Hall–Kier alpha value is -2.40. The fourth-order valence-electron chi connectivity index (χ4n) is 1.65. The highest BCUT2D eigenvalue weighted by molar-refractivity contribution is 6.16. The summed E-state index contributed by atoms with van der Waals surface area (Å²) in [5.41, 5.74) is 0.625. The molecule has 0 N–H and O–H groups in total. The first-order valence-electron chi connectivity index (χ1n) is 5.93. The number of aromatic nitrogens is 3. The molecule has 3 rings (SSSR count). The standard InChI is InChI=1S/C14H10ClN3O2/c15-9-12-17-18-14(20-12)11-7-4-8-16-13(11)19-10-5-2-1-3-6-10/h1-8H,9H2. The Kier molecular flexibility index (Phi) is 3.60. The third kappa shape index (κ3) is 2.62. The van der Waals surface area contributed by atoms with E-state index in [9.17, 15) is 0 Å². The van der Waals surface area contributed by atoms with E-state index in [0.29, 0.717) is 29.0 Å². The van der Waals surface area contributed by atoms with E-state index in [4.69, 9.17) is 20.8 Å². The molecule has 0 aliphatic rings. The van der Waals surface area contributed by atoms with Gasteiger partial charge in [-0.3, -0.25) is 0 Å². The molecular formula is C14H10ClN3O2. The smallest absolute Gasteiger partial charge is 0.253 e. The van der Waals surface area contributed by atoms with E-state index < -0.39 is 0 Å². The molecule has 100 valence electrons. The van der Waals surface area contributed by atoms with Crippen molar-refractivity contribution < 1.29 is 9.15 Å². The molecule has 20 heavy (non-hydrogen) atoms. The highest BCUT2D eigenvalue weighted by Gasteiger charge is 2.14. The van der Waals surface area contributed by atoms with Crippen molar-refractivity contribution in [2.75, 3.05) is 0 Å². The van der Waals surface area contributed by atoms with Crippen molar-refractivity contribution >= 4 is 11.6 Å². The summed E-state index contributed by atoms with van der Waals surface area (Å²) in [6, 6.07) is 12.9. The number of nitrogens with zero attached hydrogens (tertiary/aromatic N) is 3. The minimum absolute atomic E-state index is 0.169. The molecule has 0 bridgehead atoms. The van der Waals surface area contributed by atoms with Crippen LogP contribution in [0.25, 0.3) is 11.5 Å². The van der Waals surface area contributed by atoms with Gasteiger partial charge in [0.2, 0.25) is 11.8 Å². The molecule has 1 aromatic carbocycles. The minimum Gasteiger partial charge on any atom is -0.438 e. The van der Waals surface area contributed by atoms with Gasteiger partial charge in [0, 0.05) is 6.20 Å². The van der Waals surface area contributed by atoms with Gasteiger partial charge in [-0.25, -0.2) is 4.98 Å². The average molecular weight is 288 g/mol. The molecule has 0 spiro atoms. The van der Waals surface area contributed by atoms with Gasteiger partial charge in [-0.2, -0.15) is 0 Å². The summed E-state index contributed by atoms with van der Waals surface area (Å²) in [6.07, 6.45) is 1.64. The number of para-hydroxylation sites is 1. The normalized spacial score (nSPS) is 10.4. The maximum atomic E-state index is 5.73. The third-order valence-corrected chi connectivity index (χ3v) is 2.77. The van der Waals surface area contributed by atoms with Gasteiger partial charge >= 0.3 is 0 Å². The zero-order chi connectivity index (χ0) is 13.8. The second-order valence-corrected chi connectivity index (χ2v) is 4.17. The molecular weight excluding hydrogens is 278 g/mol. The fraction of sp³-hybridized carbons (Fsp3) is 0.0714. The predicted molar refractivity (Wildman–Crippen MR) is 73.6 cm³/mol. The van der Waals surface area contributed by atoms with Crippen LogP contribution in [0, 0.1) is 0 Å². The van der Waals surface area contributed by atoms with Crippen LogP contribution in [0.4, 0.5) is 0 Å². The van der Waals surface area contributed by atoms with E-state index in [1.807, 2.05) is 30.3 Å². The lowest BCUT2D eigenvalue weighted by atomic mass is 10.2. The lowest BCUT2D eigenvalue weighted by Gasteiger charge is -2.06. The summed E-state index contributed by atoms with van der Waals surface area (Å²) in [7, 11) is 0. The minimum atomic E-state index is 0.169. The molecule has 0 aliphatic heterocycles. The topological polar surface area (TPSA) is 61.0 Å². The second-order valence-electron chi connectivity index (χ2n) is 3.91. The number of rotatable bonds is 4. The highest BCUT2D eigenvalue weighted by Crippen LogP contribution is 2.30. The zero-order valence-corrected chi connectivity index (χ0v) is 11.1. The van der Waals surface area contributed by atoms with Crippen molar-refractivity contribution in [2.45, 2.75) is 5.88 Å². The Morgan fingerprint density at radius 2 is 1.90 bits per heavy atom. The number of hydrogen-bond donors (Lipinski definition) is 0. The van der Waals surface area contributed by atoms with Crippen LogP contribution in [-0.2, 0) is 5.88 Å². The van der Waals surface area contributed by atoms with E-state index in [-0.39, 0.29) is 5.88 Å². The Bertz CT molecular complexity index is 700. The second kappa shape index (κ2) is 5.71. The van der Waals surface area contributed by atoms with Crippen molar-refractivity contribution in [3.8, 4) is 23.1 Å². The van der Waals surface area contributed by atoms with Gasteiger partial charge in [-0.1, -0.05) is 18.2 Å². The summed E-state index contributed by atoms with van der Waals surface area (Å²) in [6.45, 7) is 0. The van der Waals surface area contributed by atoms with Crippen LogP contribution in [0.2, 0.25) is 0 Å². The number of pyridine rings is 1. The highest BCUT2D eigenvalue weighted by atomic mass is 35.5.